The summed E-state index contributed by atoms with van der Waals surface area (Å²) < 4.78 is 0. The predicted octanol–water partition coefficient (Wildman–Crippen LogP) is 0.859. The van der Waals surface area contributed by atoms with Crippen molar-refractivity contribution in [3.05, 3.63) is 36.5 Å². The number of pyridine rings is 1. The highest BCUT2D eigenvalue weighted by atomic mass is 16.7. The van der Waals surface area contributed by atoms with Crippen LogP contribution in [-0.4, -0.2) is 16.3 Å². The molecule has 0 aromatic carbocycles. The van der Waals surface area contributed by atoms with Gasteiger partial charge in [-0.05, 0) is 12.1 Å². The first kappa shape index (κ1) is 8.93. The minimum Gasteiger partial charge on any atom is -0.384 e. The van der Waals surface area contributed by atoms with E-state index in [2.05, 4.69) is 15.6 Å². The highest BCUT2D eigenvalue weighted by molar-refractivity contribution is 5.90. The maximum atomic E-state index is 10.5. The first-order valence-electron chi connectivity index (χ1n) is 4.69. The SMILES string of the molecule is O=CC1=CN(c2ccnc3[nH]ccc23)NO1. The van der Waals surface area contributed by atoms with Gasteiger partial charge in [0, 0.05) is 17.8 Å². The van der Waals surface area contributed by atoms with Crippen molar-refractivity contribution >= 4 is 23.0 Å². The third kappa shape index (κ3) is 1.24. The van der Waals surface area contributed by atoms with Crippen LogP contribution in [0, 0.1) is 0 Å². The zero-order valence-corrected chi connectivity index (χ0v) is 8.18. The number of fused-ring (bicyclic) bond motifs is 1. The Kier molecular flexibility index (Phi) is 1.87. The molecule has 6 heteroatoms. The maximum absolute atomic E-state index is 10.5. The van der Waals surface area contributed by atoms with Crippen LogP contribution < -0.4 is 10.6 Å². The summed E-state index contributed by atoms with van der Waals surface area (Å²) in [4.78, 5) is 22.6. The predicted molar refractivity (Wildman–Crippen MR) is 56.9 cm³/mol. The molecule has 3 heterocycles. The number of rotatable bonds is 2. The Morgan fingerprint density at radius 1 is 1.44 bits per heavy atom. The minimum absolute atomic E-state index is 0.237. The lowest BCUT2D eigenvalue weighted by atomic mass is 10.3. The van der Waals surface area contributed by atoms with Crippen LogP contribution in [0.1, 0.15) is 0 Å². The average Bonchev–Trinajstić information content (AvgIpc) is 2.97. The van der Waals surface area contributed by atoms with E-state index in [0.29, 0.717) is 6.29 Å². The van der Waals surface area contributed by atoms with Crippen molar-refractivity contribution < 1.29 is 9.63 Å². The molecule has 0 amide bonds. The van der Waals surface area contributed by atoms with E-state index < -0.39 is 0 Å². The number of aromatic amines is 1. The molecule has 0 saturated heterocycles. The van der Waals surface area contributed by atoms with Crippen molar-refractivity contribution in [2.24, 2.45) is 0 Å². The molecule has 0 fully saturated rings. The standard InChI is InChI=1S/C10H8N4O2/c15-6-7-5-14(13-16-7)9-2-4-12-10-8(9)1-3-11-10/h1-6,13H,(H,11,12). The summed E-state index contributed by atoms with van der Waals surface area (Å²) in [5, 5.41) is 2.57. The van der Waals surface area contributed by atoms with Gasteiger partial charge < -0.3 is 9.82 Å². The van der Waals surface area contributed by atoms with Crippen molar-refractivity contribution in [3.8, 4) is 0 Å². The number of carbonyl (C=O) groups excluding carboxylic acids is 1. The lowest BCUT2D eigenvalue weighted by molar-refractivity contribution is -0.108. The summed E-state index contributed by atoms with van der Waals surface area (Å²) in [5.41, 5.74) is 4.27. The van der Waals surface area contributed by atoms with Gasteiger partial charge in [0.15, 0.2) is 6.29 Å². The zero-order chi connectivity index (χ0) is 11.0. The van der Waals surface area contributed by atoms with Crippen LogP contribution in [0.2, 0.25) is 0 Å². The number of hydrazine groups is 1. The lowest BCUT2D eigenvalue weighted by Gasteiger charge is -2.14. The molecule has 0 atom stereocenters. The number of anilines is 1. The number of H-pyrrole nitrogens is 1. The molecular formula is C10H8N4O2. The van der Waals surface area contributed by atoms with Crippen molar-refractivity contribution in [2.45, 2.75) is 0 Å². The van der Waals surface area contributed by atoms with Crippen LogP contribution >= 0.6 is 0 Å². The van der Waals surface area contributed by atoms with Crippen LogP contribution in [-0.2, 0) is 9.63 Å². The number of nitrogens with zero attached hydrogens (tertiary/aromatic N) is 2. The summed E-state index contributed by atoms with van der Waals surface area (Å²) in [6, 6.07) is 3.74. The minimum atomic E-state index is 0.237. The van der Waals surface area contributed by atoms with Gasteiger partial charge in [0.2, 0.25) is 5.76 Å². The number of hydrogen-bond donors (Lipinski definition) is 2. The summed E-state index contributed by atoms with van der Waals surface area (Å²) in [6.07, 6.45) is 5.71. The molecule has 2 N–H and O–H groups in total. The highest BCUT2D eigenvalue weighted by Gasteiger charge is 2.16. The van der Waals surface area contributed by atoms with Gasteiger partial charge in [-0.1, -0.05) is 5.59 Å². The van der Waals surface area contributed by atoms with Crippen LogP contribution in [0.5, 0.6) is 0 Å². The number of aldehydes is 1. The number of allylic oxidation sites excluding steroid dienone is 1. The molecular weight excluding hydrogens is 208 g/mol. The molecule has 0 aliphatic carbocycles. The quantitative estimate of drug-likeness (QED) is 0.728. The van der Waals surface area contributed by atoms with Crippen molar-refractivity contribution in [2.75, 3.05) is 5.01 Å². The lowest BCUT2D eigenvalue weighted by Crippen LogP contribution is -2.27. The molecule has 2 aromatic heterocycles. The number of carbonyl (C=O) groups is 1. The largest absolute Gasteiger partial charge is 0.384 e. The molecule has 80 valence electrons. The molecule has 0 spiro atoms. The van der Waals surface area contributed by atoms with E-state index in [0.717, 1.165) is 16.7 Å². The summed E-state index contributed by atoms with van der Waals surface area (Å²) in [5.74, 6) is 0.237. The molecule has 3 rings (SSSR count). The van der Waals surface area contributed by atoms with Gasteiger partial charge in [-0.15, -0.1) is 0 Å². The van der Waals surface area contributed by atoms with E-state index >= 15 is 0 Å². The molecule has 1 aliphatic heterocycles. The van der Waals surface area contributed by atoms with Crippen LogP contribution in [0.25, 0.3) is 11.0 Å². The first-order valence-corrected chi connectivity index (χ1v) is 4.69. The van der Waals surface area contributed by atoms with Gasteiger partial charge in [-0.3, -0.25) is 4.79 Å². The molecule has 0 radical (unpaired) electrons. The Labute approximate surface area is 90.5 Å². The van der Waals surface area contributed by atoms with Gasteiger partial charge in [0.1, 0.15) is 5.65 Å². The molecule has 1 aliphatic rings. The van der Waals surface area contributed by atoms with Gasteiger partial charge in [-0.2, -0.15) is 0 Å². The van der Waals surface area contributed by atoms with E-state index in [1.165, 1.54) is 0 Å². The topological polar surface area (TPSA) is 70.2 Å². The van der Waals surface area contributed by atoms with Crippen molar-refractivity contribution in [1.82, 2.24) is 15.6 Å². The van der Waals surface area contributed by atoms with Crippen molar-refractivity contribution in [1.29, 1.82) is 0 Å². The van der Waals surface area contributed by atoms with Gasteiger partial charge in [0.05, 0.1) is 11.9 Å². The molecule has 16 heavy (non-hydrogen) atoms. The normalized spacial score (nSPS) is 15.0. The molecule has 0 unspecified atom stereocenters. The van der Waals surface area contributed by atoms with Crippen LogP contribution in [0.4, 0.5) is 5.69 Å². The highest BCUT2D eigenvalue weighted by Crippen LogP contribution is 2.25. The second-order valence-corrected chi connectivity index (χ2v) is 3.28. The maximum Gasteiger partial charge on any atom is 0.207 e. The Morgan fingerprint density at radius 3 is 3.19 bits per heavy atom. The Balaban J connectivity index is 2.09. The van der Waals surface area contributed by atoms with E-state index in [9.17, 15) is 4.79 Å². The monoisotopic (exact) mass is 216 g/mol. The number of aromatic nitrogens is 2. The van der Waals surface area contributed by atoms with E-state index in [4.69, 9.17) is 4.84 Å². The number of nitrogens with one attached hydrogen (secondary N) is 2. The fraction of sp³-hybridized carbons (Fsp3) is 0. The van der Waals surface area contributed by atoms with E-state index in [-0.39, 0.29) is 5.76 Å². The Morgan fingerprint density at radius 2 is 2.38 bits per heavy atom. The van der Waals surface area contributed by atoms with Gasteiger partial charge >= 0.3 is 0 Å². The third-order valence-electron chi connectivity index (χ3n) is 2.33. The van der Waals surface area contributed by atoms with E-state index in [1.807, 2.05) is 18.3 Å². The summed E-state index contributed by atoms with van der Waals surface area (Å²) in [6.45, 7) is 0. The summed E-state index contributed by atoms with van der Waals surface area (Å²) in [7, 11) is 0. The number of hydrogen-bond acceptors (Lipinski definition) is 5. The van der Waals surface area contributed by atoms with Crippen molar-refractivity contribution in [3.63, 3.8) is 0 Å². The zero-order valence-electron chi connectivity index (χ0n) is 8.18. The molecule has 2 aromatic rings. The molecule has 0 bridgehead atoms. The Bertz CT molecular complexity index is 575. The Hall–Kier alpha value is -2.34. The van der Waals surface area contributed by atoms with Crippen LogP contribution in [0.3, 0.4) is 0 Å². The second kappa shape index (κ2) is 3.35. The summed E-state index contributed by atoms with van der Waals surface area (Å²) >= 11 is 0. The fourth-order valence-electron chi connectivity index (χ4n) is 1.61. The first-order chi connectivity index (χ1) is 7.88. The smallest absolute Gasteiger partial charge is 0.207 e. The second-order valence-electron chi connectivity index (χ2n) is 3.28. The molecule has 6 nitrogen and oxygen atoms in total. The van der Waals surface area contributed by atoms with Gasteiger partial charge in [0.25, 0.3) is 0 Å². The van der Waals surface area contributed by atoms with Gasteiger partial charge in [-0.25, -0.2) is 9.99 Å². The van der Waals surface area contributed by atoms with Crippen LogP contribution in [0.15, 0.2) is 36.5 Å². The molecule has 0 saturated carbocycles. The average molecular weight is 216 g/mol. The van der Waals surface area contributed by atoms with E-state index in [1.54, 1.807) is 17.4 Å². The fourth-order valence-corrected chi connectivity index (χ4v) is 1.61. The third-order valence-corrected chi connectivity index (χ3v) is 2.33.